The van der Waals surface area contributed by atoms with Crippen LogP contribution in [-0.4, -0.2) is 58.3 Å². The van der Waals surface area contributed by atoms with Crippen molar-refractivity contribution in [3.8, 4) is 0 Å². The lowest BCUT2D eigenvalue weighted by atomic mass is 9.71. The number of halogens is 1. The van der Waals surface area contributed by atoms with Gasteiger partial charge in [0, 0.05) is 32.2 Å². The molecule has 2 saturated carbocycles. The number of ether oxygens (including phenoxy) is 1. The van der Waals surface area contributed by atoms with E-state index in [0.29, 0.717) is 6.42 Å². The molecule has 0 aromatic carbocycles. The van der Waals surface area contributed by atoms with E-state index in [2.05, 4.69) is 25.8 Å². The summed E-state index contributed by atoms with van der Waals surface area (Å²) in [5.74, 6) is -2.41. The van der Waals surface area contributed by atoms with Crippen LogP contribution >= 0.6 is 0 Å². The number of hydrogen-bond donors (Lipinski definition) is 3. The maximum atomic E-state index is 13.8. The molecule has 2 fully saturated rings. The maximum Gasteiger partial charge on any atom is 0.407 e. The van der Waals surface area contributed by atoms with Crippen LogP contribution in [0.2, 0.25) is 0 Å². The van der Waals surface area contributed by atoms with E-state index >= 15 is 0 Å². The Morgan fingerprint density at radius 3 is 2.47 bits per heavy atom. The summed E-state index contributed by atoms with van der Waals surface area (Å²) in [6.07, 6.45) is 3.09. The van der Waals surface area contributed by atoms with Crippen LogP contribution in [-0.2, 0) is 26.2 Å². The third-order valence-corrected chi connectivity index (χ3v) is 6.40. The number of Topliss-reactive ketones (excluding diaryl/α,β-unsaturated/α-hetero) is 1. The van der Waals surface area contributed by atoms with Gasteiger partial charge in [0.1, 0.15) is 17.8 Å². The topological polar surface area (TPSA) is 131 Å². The second-order valence-corrected chi connectivity index (χ2v) is 9.15. The Kier molecular flexibility index (Phi) is 6.85. The molecule has 11 heteroatoms. The lowest BCUT2D eigenvalue weighted by Gasteiger charge is -2.43. The first-order chi connectivity index (χ1) is 15.1. The van der Waals surface area contributed by atoms with Gasteiger partial charge in [-0.1, -0.05) is 19.8 Å². The maximum absolute atomic E-state index is 13.8. The molecule has 3 amide bonds. The number of carbonyl (C=O) groups excluding carboxylic acids is 4. The number of nitrogens with one attached hydrogen (secondary N) is 3. The summed E-state index contributed by atoms with van der Waals surface area (Å²) in [5.41, 5.74) is -1.82. The Bertz CT molecular complexity index is 889. The second-order valence-electron chi connectivity index (χ2n) is 9.15. The van der Waals surface area contributed by atoms with Crippen molar-refractivity contribution in [2.24, 2.45) is 12.5 Å². The molecular formula is C21H30FN5O5. The van der Waals surface area contributed by atoms with Crippen LogP contribution in [0.5, 0.6) is 0 Å². The fraction of sp³-hybridized carbons (Fsp3) is 0.667. The number of hydrogen-bond acceptors (Lipinski definition) is 6. The fourth-order valence-corrected chi connectivity index (χ4v) is 4.57. The summed E-state index contributed by atoms with van der Waals surface area (Å²) < 4.78 is 19.9. The molecule has 1 aromatic rings. The number of ketones is 1. The summed E-state index contributed by atoms with van der Waals surface area (Å²) >= 11 is 0. The number of nitrogens with zero attached hydrogens (tertiary/aromatic N) is 2. The summed E-state index contributed by atoms with van der Waals surface area (Å²) in [4.78, 5) is 50.4. The SMILES string of the molecule is COC(=O)N[C@@H](CC1(C)CCCC1)C(=O)NC1(C(=O)C(=O)Nc2ccn(C)n2)CC(F)C1. The lowest BCUT2D eigenvalue weighted by molar-refractivity contribution is -0.146. The molecule has 1 aromatic heterocycles. The summed E-state index contributed by atoms with van der Waals surface area (Å²) in [5, 5.41) is 11.4. The monoisotopic (exact) mass is 451 g/mol. The minimum atomic E-state index is -1.66. The first-order valence-corrected chi connectivity index (χ1v) is 10.7. The van der Waals surface area contributed by atoms with E-state index in [9.17, 15) is 23.6 Å². The number of alkyl halides is 1. The largest absolute Gasteiger partial charge is 0.453 e. The van der Waals surface area contributed by atoms with E-state index < -0.39 is 41.4 Å². The predicted octanol–water partition coefficient (Wildman–Crippen LogP) is 1.61. The van der Waals surface area contributed by atoms with Crippen molar-refractivity contribution in [3.63, 3.8) is 0 Å². The number of aryl methyl sites for hydroxylation is 1. The molecule has 0 saturated heterocycles. The molecule has 3 rings (SSSR count). The Morgan fingerprint density at radius 2 is 1.94 bits per heavy atom. The predicted molar refractivity (Wildman–Crippen MR) is 112 cm³/mol. The van der Waals surface area contributed by atoms with E-state index in [1.165, 1.54) is 17.9 Å². The highest BCUT2D eigenvalue weighted by Gasteiger charge is 2.54. The highest BCUT2D eigenvalue weighted by molar-refractivity contribution is 6.44. The van der Waals surface area contributed by atoms with Gasteiger partial charge in [-0.3, -0.25) is 19.1 Å². The molecular weight excluding hydrogens is 421 g/mol. The van der Waals surface area contributed by atoms with Gasteiger partial charge >= 0.3 is 6.09 Å². The first kappa shape index (κ1) is 23.7. The molecule has 1 heterocycles. The summed E-state index contributed by atoms with van der Waals surface area (Å²) in [6.45, 7) is 2.04. The molecule has 2 aliphatic rings. The average molecular weight is 451 g/mol. The van der Waals surface area contributed by atoms with Gasteiger partial charge in [-0.15, -0.1) is 0 Å². The van der Waals surface area contributed by atoms with Gasteiger partial charge in [0.15, 0.2) is 5.82 Å². The first-order valence-electron chi connectivity index (χ1n) is 10.7. The zero-order valence-electron chi connectivity index (χ0n) is 18.6. The fourth-order valence-electron chi connectivity index (χ4n) is 4.57. The van der Waals surface area contributed by atoms with Crippen LogP contribution in [0.3, 0.4) is 0 Å². The average Bonchev–Trinajstić information content (AvgIpc) is 3.33. The van der Waals surface area contributed by atoms with Gasteiger partial charge in [0.2, 0.25) is 11.7 Å². The van der Waals surface area contributed by atoms with E-state index in [1.807, 2.05) is 6.92 Å². The molecule has 1 atom stereocenters. The molecule has 0 radical (unpaired) electrons. The molecule has 32 heavy (non-hydrogen) atoms. The summed E-state index contributed by atoms with van der Waals surface area (Å²) in [6, 6.07) is 0.529. The molecule has 2 aliphatic carbocycles. The van der Waals surface area contributed by atoms with Crippen molar-refractivity contribution in [2.45, 2.75) is 69.6 Å². The van der Waals surface area contributed by atoms with Crippen LogP contribution < -0.4 is 16.0 Å². The quantitative estimate of drug-likeness (QED) is 0.515. The van der Waals surface area contributed by atoms with Crippen molar-refractivity contribution >= 4 is 29.5 Å². The van der Waals surface area contributed by atoms with E-state index in [1.54, 1.807) is 13.2 Å². The van der Waals surface area contributed by atoms with Crippen molar-refractivity contribution in [1.82, 2.24) is 20.4 Å². The highest BCUT2D eigenvalue weighted by Crippen LogP contribution is 2.42. The zero-order valence-corrected chi connectivity index (χ0v) is 18.6. The molecule has 0 spiro atoms. The van der Waals surface area contributed by atoms with E-state index in [-0.39, 0.29) is 24.1 Å². The minimum Gasteiger partial charge on any atom is -0.453 e. The zero-order chi connectivity index (χ0) is 23.5. The van der Waals surface area contributed by atoms with Crippen LogP contribution in [0.4, 0.5) is 15.0 Å². The van der Waals surface area contributed by atoms with Crippen molar-refractivity contribution in [2.75, 3.05) is 12.4 Å². The molecule has 0 aliphatic heterocycles. The highest BCUT2D eigenvalue weighted by atomic mass is 19.1. The van der Waals surface area contributed by atoms with Gasteiger partial charge in [-0.05, 0) is 24.7 Å². The normalized spacial score (nSPS) is 24.7. The third kappa shape index (κ3) is 5.25. The second kappa shape index (κ2) is 9.25. The van der Waals surface area contributed by atoms with Crippen LogP contribution in [0, 0.1) is 5.41 Å². The van der Waals surface area contributed by atoms with Gasteiger partial charge < -0.3 is 20.7 Å². The van der Waals surface area contributed by atoms with E-state index in [4.69, 9.17) is 0 Å². The Balaban J connectivity index is 1.73. The molecule has 3 N–H and O–H groups in total. The lowest BCUT2D eigenvalue weighted by Crippen LogP contribution is -2.68. The number of carbonyl (C=O) groups is 4. The number of amides is 3. The number of methoxy groups -OCH3 is 1. The van der Waals surface area contributed by atoms with Gasteiger partial charge in [0.05, 0.1) is 7.11 Å². The minimum absolute atomic E-state index is 0.154. The molecule has 0 unspecified atom stereocenters. The van der Waals surface area contributed by atoms with Crippen LogP contribution in [0.25, 0.3) is 0 Å². The Labute approximate surface area is 185 Å². The third-order valence-electron chi connectivity index (χ3n) is 6.40. The standard InChI is InChI=1S/C21H30FN5O5/c1-20(7-4-5-8-20)12-14(23-19(31)32-3)17(29)25-21(10-13(22)11-21)16(28)18(30)24-15-6-9-27(2)26-15/h6,9,13-14H,4-5,7-8,10-12H2,1-3H3,(H,23,31)(H,25,29)(H,24,26,30)/t13?,14-,21?/m0/s1. The van der Waals surface area contributed by atoms with Crippen molar-refractivity contribution < 1.29 is 28.3 Å². The number of anilines is 1. The molecule has 176 valence electrons. The number of rotatable bonds is 8. The van der Waals surface area contributed by atoms with Gasteiger partial charge in [0.25, 0.3) is 5.91 Å². The van der Waals surface area contributed by atoms with Crippen molar-refractivity contribution in [1.29, 1.82) is 0 Å². The number of aromatic nitrogens is 2. The molecule has 0 bridgehead atoms. The van der Waals surface area contributed by atoms with Crippen molar-refractivity contribution in [3.05, 3.63) is 12.3 Å². The Morgan fingerprint density at radius 1 is 1.28 bits per heavy atom. The molecule has 10 nitrogen and oxygen atoms in total. The van der Waals surface area contributed by atoms with Gasteiger partial charge in [-0.25, -0.2) is 9.18 Å². The number of alkyl carbamates (subject to hydrolysis) is 1. The van der Waals surface area contributed by atoms with E-state index in [0.717, 1.165) is 25.7 Å². The Hall–Kier alpha value is -2.98. The van der Waals surface area contributed by atoms with Gasteiger partial charge in [-0.2, -0.15) is 5.10 Å². The van der Waals surface area contributed by atoms with Crippen LogP contribution in [0.1, 0.15) is 51.9 Å². The van der Waals surface area contributed by atoms with Crippen LogP contribution in [0.15, 0.2) is 12.3 Å². The summed E-state index contributed by atoms with van der Waals surface area (Å²) in [7, 11) is 2.84. The smallest absolute Gasteiger partial charge is 0.407 e.